The van der Waals surface area contributed by atoms with E-state index in [0.29, 0.717) is 0 Å². The van der Waals surface area contributed by atoms with E-state index in [9.17, 15) is 13.2 Å². The van der Waals surface area contributed by atoms with E-state index in [4.69, 9.17) is 9.66 Å². The highest BCUT2D eigenvalue weighted by atomic mass is 32.2. The molecule has 0 aliphatic carbocycles. The molecule has 98 valence electrons. The summed E-state index contributed by atoms with van der Waals surface area (Å²) in [7, 11) is -3.85. The van der Waals surface area contributed by atoms with Crippen molar-refractivity contribution in [2.24, 2.45) is 0 Å². The summed E-state index contributed by atoms with van der Waals surface area (Å²) in [5.41, 5.74) is 0. The summed E-state index contributed by atoms with van der Waals surface area (Å²) >= 11 is 0. The lowest BCUT2D eigenvalue weighted by Gasteiger charge is -2.13. The van der Waals surface area contributed by atoms with Crippen molar-refractivity contribution in [1.29, 1.82) is 0 Å². The van der Waals surface area contributed by atoms with Crippen LogP contribution in [0.15, 0.2) is 0 Å². The number of amides is 1. The maximum absolute atomic E-state index is 9.87. The Morgan fingerprint density at radius 3 is 1.44 bits per heavy atom. The van der Waals surface area contributed by atoms with E-state index < -0.39 is 16.4 Å². The van der Waals surface area contributed by atoms with Crippen molar-refractivity contribution in [3.05, 3.63) is 0 Å². The maximum Gasteiger partial charge on any atom is 0.422 e. The Kier molecular flexibility index (Phi) is 9.11. The highest BCUT2D eigenvalue weighted by Gasteiger charge is 2.18. The Morgan fingerprint density at radius 2 is 1.44 bits per heavy atom. The maximum atomic E-state index is 9.87. The molecule has 0 saturated heterocycles. The molecule has 2 N–H and O–H groups in total. The minimum Gasteiger partial charge on any atom is -0.464 e. The van der Waals surface area contributed by atoms with E-state index in [1.54, 1.807) is 0 Å². The summed E-state index contributed by atoms with van der Waals surface area (Å²) in [6.07, 6.45) is -1.72. The summed E-state index contributed by atoms with van der Waals surface area (Å²) in [6, 6.07) is 0. The molecule has 16 heavy (non-hydrogen) atoms. The Balaban J connectivity index is 0. The van der Waals surface area contributed by atoms with Crippen LogP contribution in [0.25, 0.3) is 0 Å². The van der Waals surface area contributed by atoms with Crippen molar-refractivity contribution in [2.75, 3.05) is 26.7 Å². The number of nitrogens with zero attached hydrogens (tertiary/aromatic N) is 2. The summed E-state index contributed by atoms with van der Waals surface area (Å²) < 4.78 is 27.5. The minimum atomic E-state index is -4.57. The molecule has 0 saturated carbocycles. The first-order valence-electron chi connectivity index (χ1n) is 4.87. The van der Waals surface area contributed by atoms with Gasteiger partial charge in [-0.2, -0.15) is 12.7 Å². The quantitative estimate of drug-likeness (QED) is 0.720. The van der Waals surface area contributed by atoms with Gasteiger partial charge in [-0.15, -0.1) is 0 Å². The third-order valence-electron chi connectivity index (χ3n) is 1.96. The van der Waals surface area contributed by atoms with Crippen LogP contribution in [0.4, 0.5) is 4.79 Å². The molecular formula is C8H20N2O5S. The van der Waals surface area contributed by atoms with Crippen molar-refractivity contribution in [2.45, 2.75) is 20.8 Å². The van der Waals surface area contributed by atoms with Crippen molar-refractivity contribution in [3.63, 3.8) is 0 Å². The molecule has 0 fully saturated rings. The van der Waals surface area contributed by atoms with Crippen LogP contribution in [-0.2, 0) is 10.3 Å². The molecule has 0 aliphatic heterocycles. The van der Waals surface area contributed by atoms with E-state index in [1.165, 1.54) is 19.6 Å². The molecule has 0 atom stereocenters. The zero-order chi connectivity index (χ0) is 13.4. The fourth-order valence-corrected chi connectivity index (χ4v) is 0.967. The highest BCUT2D eigenvalue weighted by Crippen LogP contribution is 1.90. The second-order valence-electron chi connectivity index (χ2n) is 2.85. The fourth-order valence-electron chi connectivity index (χ4n) is 0.770. The Morgan fingerprint density at radius 1 is 1.12 bits per heavy atom. The second kappa shape index (κ2) is 8.31. The molecule has 7 nitrogen and oxygen atoms in total. The molecule has 0 aromatic heterocycles. The highest BCUT2D eigenvalue weighted by molar-refractivity contribution is 7.83. The SMILES string of the molecule is CCN(CC)CC.CN(C(=O)O)S(=O)(=O)O. The summed E-state index contributed by atoms with van der Waals surface area (Å²) in [5, 5.41) is 7.90. The first-order valence-corrected chi connectivity index (χ1v) is 6.26. The molecular weight excluding hydrogens is 236 g/mol. The summed E-state index contributed by atoms with van der Waals surface area (Å²) in [5.74, 6) is 0. The molecule has 0 spiro atoms. The summed E-state index contributed by atoms with van der Waals surface area (Å²) in [4.78, 5) is 12.1. The zero-order valence-electron chi connectivity index (χ0n) is 10.0. The van der Waals surface area contributed by atoms with Crippen LogP contribution in [0.1, 0.15) is 20.8 Å². The van der Waals surface area contributed by atoms with Gasteiger partial charge >= 0.3 is 16.4 Å². The third-order valence-corrected chi connectivity index (χ3v) is 2.81. The normalized spacial score (nSPS) is 10.6. The number of rotatable bonds is 4. The van der Waals surface area contributed by atoms with Gasteiger partial charge in [0.05, 0.1) is 0 Å². The Hall–Kier alpha value is -0.860. The standard InChI is InChI=1S/C6H15N.C2H5NO5S/c1-4-7(5-2)6-3;1-3(2(4)5)9(6,7)8/h4-6H2,1-3H3;1H3,(H,4,5)(H,6,7,8). The van der Waals surface area contributed by atoms with Gasteiger partial charge in [-0.3, -0.25) is 4.55 Å². The molecule has 0 radical (unpaired) electrons. The van der Waals surface area contributed by atoms with Crippen LogP contribution in [0, 0.1) is 0 Å². The second-order valence-corrected chi connectivity index (χ2v) is 4.29. The van der Waals surface area contributed by atoms with E-state index in [2.05, 4.69) is 25.7 Å². The molecule has 0 heterocycles. The van der Waals surface area contributed by atoms with Crippen LogP contribution < -0.4 is 0 Å². The largest absolute Gasteiger partial charge is 0.464 e. The van der Waals surface area contributed by atoms with Gasteiger partial charge in [0.15, 0.2) is 0 Å². The molecule has 0 bridgehead atoms. The first-order chi connectivity index (χ1) is 7.20. The third kappa shape index (κ3) is 8.45. The molecule has 1 amide bonds. The van der Waals surface area contributed by atoms with E-state index in [0.717, 1.165) is 7.05 Å². The average Bonchev–Trinajstić information content (AvgIpc) is 2.19. The first kappa shape index (κ1) is 17.5. The summed E-state index contributed by atoms with van der Waals surface area (Å²) in [6.45, 7) is 10.1. The molecule has 0 unspecified atom stereocenters. The van der Waals surface area contributed by atoms with Gasteiger partial charge in [-0.1, -0.05) is 20.8 Å². The number of hydrogen-bond acceptors (Lipinski definition) is 4. The van der Waals surface area contributed by atoms with Gasteiger partial charge < -0.3 is 10.0 Å². The lowest BCUT2D eigenvalue weighted by molar-refractivity contribution is 0.175. The van der Waals surface area contributed by atoms with Gasteiger partial charge in [0.25, 0.3) is 0 Å². The van der Waals surface area contributed by atoms with E-state index >= 15 is 0 Å². The van der Waals surface area contributed by atoms with Crippen LogP contribution >= 0.6 is 0 Å². The van der Waals surface area contributed by atoms with Gasteiger partial charge in [-0.25, -0.2) is 4.79 Å². The van der Waals surface area contributed by atoms with Gasteiger partial charge in [-0.05, 0) is 19.6 Å². The number of hydrogen-bond donors (Lipinski definition) is 2. The topological polar surface area (TPSA) is 98.2 Å². The number of carbonyl (C=O) groups is 1. The van der Waals surface area contributed by atoms with Crippen molar-refractivity contribution in [3.8, 4) is 0 Å². The van der Waals surface area contributed by atoms with Gasteiger partial charge in [0, 0.05) is 7.05 Å². The van der Waals surface area contributed by atoms with Crippen molar-refractivity contribution < 1.29 is 22.9 Å². The molecule has 0 aromatic rings. The lowest BCUT2D eigenvalue weighted by Crippen LogP contribution is -2.30. The van der Waals surface area contributed by atoms with Gasteiger partial charge in [0.2, 0.25) is 0 Å². The fraction of sp³-hybridized carbons (Fsp3) is 0.875. The van der Waals surface area contributed by atoms with Crippen LogP contribution in [0.2, 0.25) is 0 Å². The molecule has 8 heteroatoms. The van der Waals surface area contributed by atoms with Crippen molar-refractivity contribution in [1.82, 2.24) is 9.21 Å². The van der Waals surface area contributed by atoms with Crippen LogP contribution in [0.5, 0.6) is 0 Å². The zero-order valence-corrected chi connectivity index (χ0v) is 10.9. The molecule has 0 aromatic carbocycles. The molecule has 0 aliphatic rings. The van der Waals surface area contributed by atoms with Crippen LogP contribution in [-0.4, -0.2) is 60.1 Å². The predicted molar refractivity (Wildman–Crippen MR) is 60.8 cm³/mol. The Bertz CT molecular complexity index is 281. The van der Waals surface area contributed by atoms with Gasteiger partial charge in [0.1, 0.15) is 0 Å². The number of carboxylic acid groups (broad SMARTS) is 1. The molecule has 0 rings (SSSR count). The minimum absolute atomic E-state index is 0.201. The van der Waals surface area contributed by atoms with Crippen molar-refractivity contribution >= 4 is 16.4 Å². The lowest BCUT2D eigenvalue weighted by atomic mass is 10.5. The monoisotopic (exact) mass is 256 g/mol. The predicted octanol–water partition coefficient (Wildman–Crippen LogP) is 0.747. The smallest absolute Gasteiger partial charge is 0.422 e. The van der Waals surface area contributed by atoms with E-state index in [-0.39, 0.29) is 4.31 Å². The van der Waals surface area contributed by atoms with Crippen LogP contribution in [0.3, 0.4) is 0 Å². The van der Waals surface area contributed by atoms with E-state index in [1.807, 2.05) is 0 Å². The Labute approximate surface area is 96.5 Å². The average molecular weight is 256 g/mol.